The largest absolute Gasteiger partial charge is 0.504 e. The number of hydrogen-bond donors (Lipinski definition) is 2. The molecule has 0 amide bonds. The first-order chi connectivity index (χ1) is 6.73. The Morgan fingerprint density at radius 1 is 1.47 bits per heavy atom. The molecule has 0 aromatic carbocycles. The molecule has 0 atom stereocenters. The van der Waals surface area contributed by atoms with Crippen molar-refractivity contribution in [1.29, 1.82) is 0 Å². The number of sulfonamides is 1. The third kappa shape index (κ3) is 2.36. The van der Waals surface area contributed by atoms with Crippen molar-refractivity contribution in [2.45, 2.75) is 11.5 Å². The lowest BCUT2D eigenvalue weighted by Crippen LogP contribution is -2.15. The normalized spacial score (nSPS) is 12.1. The molecular weight excluding hydrogens is 237 g/mol. The smallest absolute Gasteiger partial charge is 0.267 e. The van der Waals surface area contributed by atoms with Gasteiger partial charge in [0.2, 0.25) is 11.0 Å². The van der Waals surface area contributed by atoms with Crippen LogP contribution in [0.5, 0.6) is 5.75 Å². The average molecular weight is 242 g/mol. The van der Waals surface area contributed by atoms with Crippen molar-refractivity contribution in [2.24, 2.45) is 5.14 Å². The lowest BCUT2D eigenvalue weighted by atomic mass is 10.2. The summed E-state index contributed by atoms with van der Waals surface area (Å²) in [6.07, 6.45) is -3.23. The Bertz CT molecular complexity index is 489. The summed E-state index contributed by atoms with van der Waals surface area (Å²) in [6.45, 7) is 0. The third-order valence-corrected chi connectivity index (χ3v) is 2.29. The summed E-state index contributed by atoms with van der Waals surface area (Å²) in [5.41, 5.74) is -1.17. The predicted octanol–water partition coefficient (Wildman–Crippen LogP) is 0.511. The van der Waals surface area contributed by atoms with E-state index in [0.29, 0.717) is 0 Å². The molecule has 0 unspecified atom stereocenters. The second kappa shape index (κ2) is 3.66. The van der Waals surface area contributed by atoms with Crippen molar-refractivity contribution in [3.63, 3.8) is 0 Å². The van der Waals surface area contributed by atoms with Crippen LogP contribution in [0.1, 0.15) is 12.0 Å². The van der Waals surface area contributed by atoms with E-state index in [-0.39, 0.29) is 6.07 Å². The minimum absolute atomic E-state index is 0.231. The van der Waals surface area contributed by atoms with Crippen LogP contribution in [0, 0.1) is 5.95 Å². The number of rotatable bonds is 2. The van der Waals surface area contributed by atoms with Gasteiger partial charge in [0, 0.05) is 6.07 Å². The van der Waals surface area contributed by atoms with Gasteiger partial charge in [0.25, 0.3) is 16.4 Å². The van der Waals surface area contributed by atoms with E-state index < -0.39 is 38.7 Å². The maximum Gasteiger partial charge on any atom is 0.267 e. The summed E-state index contributed by atoms with van der Waals surface area (Å²) < 4.78 is 58.4. The molecule has 1 aromatic heterocycles. The van der Waals surface area contributed by atoms with Crippen molar-refractivity contribution in [3.05, 3.63) is 17.6 Å². The van der Waals surface area contributed by atoms with Gasteiger partial charge in [0.1, 0.15) is 0 Å². The van der Waals surface area contributed by atoms with Gasteiger partial charge in [0.15, 0.2) is 5.75 Å². The number of aromatic nitrogens is 1. The first-order valence-corrected chi connectivity index (χ1v) is 4.98. The van der Waals surface area contributed by atoms with Gasteiger partial charge in [-0.1, -0.05) is 0 Å². The van der Waals surface area contributed by atoms with Crippen LogP contribution >= 0.6 is 0 Å². The van der Waals surface area contributed by atoms with Crippen LogP contribution in [0.3, 0.4) is 0 Å². The summed E-state index contributed by atoms with van der Waals surface area (Å²) in [6, 6.07) is 0.231. The van der Waals surface area contributed by atoms with Gasteiger partial charge in [-0.25, -0.2) is 27.3 Å². The highest BCUT2D eigenvalue weighted by atomic mass is 32.2. The van der Waals surface area contributed by atoms with E-state index in [2.05, 4.69) is 10.1 Å². The van der Waals surface area contributed by atoms with Crippen molar-refractivity contribution < 1.29 is 26.7 Å². The SMILES string of the molecule is NS(=O)(=O)c1nc(F)cc(C(F)F)c1O. The summed E-state index contributed by atoms with van der Waals surface area (Å²) in [4.78, 5) is 2.72. The molecule has 1 aromatic rings. The fourth-order valence-corrected chi connectivity index (χ4v) is 1.47. The van der Waals surface area contributed by atoms with Crippen molar-refractivity contribution in [2.75, 3.05) is 0 Å². The Morgan fingerprint density at radius 3 is 2.40 bits per heavy atom. The molecule has 1 rings (SSSR count). The van der Waals surface area contributed by atoms with Crippen LogP contribution in [-0.2, 0) is 10.0 Å². The first kappa shape index (κ1) is 11.7. The highest BCUT2D eigenvalue weighted by Gasteiger charge is 2.24. The van der Waals surface area contributed by atoms with Gasteiger partial charge in [-0.15, -0.1) is 0 Å². The maximum absolute atomic E-state index is 12.6. The average Bonchev–Trinajstić information content (AvgIpc) is 2.06. The van der Waals surface area contributed by atoms with Crippen LogP contribution in [-0.4, -0.2) is 18.5 Å². The Morgan fingerprint density at radius 2 is 2.00 bits per heavy atom. The van der Waals surface area contributed by atoms with Crippen LogP contribution in [0.2, 0.25) is 0 Å². The Balaban J connectivity index is 3.56. The zero-order valence-electron chi connectivity index (χ0n) is 6.99. The summed E-state index contributed by atoms with van der Waals surface area (Å²) in [7, 11) is -4.55. The molecule has 1 heterocycles. The monoisotopic (exact) mass is 242 g/mol. The molecule has 5 nitrogen and oxygen atoms in total. The first-order valence-electron chi connectivity index (χ1n) is 3.44. The molecule has 0 radical (unpaired) electrons. The second-order valence-corrected chi connectivity index (χ2v) is 4.01. The van der Waals surface area contributed by atoms with Crippen molar-refractivity contribution in [3.8, 4) is 5.75 Å². The predicted molar refractivity (Wildman–Crippen MR) is 42.2 cm³/mol. The number of aromatic hydroxyl groups is 1. The number of halogens is 3. The van der Waals surface area contributed by atoms with E-state index in [9.17, 15) is 21.6 Å². The van der Waals surface area contributed by atoms with Crippen LogP contribution < -0.4 is 5.14 Å². The van der Waals surface area contributed by atoms with Gasteiger partial charge in [-0.2, -0.15) is 4.39 Å². The van der Waals surface area contributed by atoms with Crippen LogP contribution in [0.25, 0.3) is 0 Å². The highest BCUT2D eigenvalue weighted by molar-refractivity contribution is 7.89. The highest BCUT2D eigenvalue weighted by Crippen LogP contribution is 2.32. The molecule has 15 heavy (non-hydrogen) atoms. The summed E-state index contributed by atoms with van der Waals surface area (Å²) in [5, 5.41) is 12.3. The number of pyridine rings is 1. The molecular formula is C6H5F3N2O3S. The molecule has 0 saturated carbocycles. The van der Waals surface area contributed by atoms with Gasteiger partial charge >= 0.3 is 0 Å². The zero-order chi connectivity index (χ0) is 11.8. The van der Waals surface area contributed by atoms with E-state index >= 15 is 0 Å². The number of primary sulfonamides is 1. The standard InChI is InChI=1S/C6H5F3N2O3S/c7-3-1-2(5(8)9)4(12)6(11-3)15(10,13)14/h1,5,12H,(H2,10,13,14). The second-order valence-electron chi connectivity index (χ2n) is 2.53. The molecule has 0 spiro atoms. The molecule has 0 aliphatic carbocycles. The third-order valence-electron chi connectivity index (χ3n) is 1.46. The minimum atomic E-state index is -4.55. The van der Waals surface area contributed by atoms with E-state index in [1.165, 1.54) is 0 Å². The van der Waals surface area contributed by atoms with E-state index in [0.717, 1.165) is 0 Å². The zero-order valence-corrected chi connectivity index (χ0v) is 7.80. The van der Waals surface area contributed by atoms with Crippen LogP contribution in [0.4, 0.5) is 13.2 Å². The molecule has 9 heteroatoms. The fourth-order valence-electron chi connectivity index (χ4n) is 0.867. The number of hydrogen-bond acceptors (Lipinski definition) is 4. The fraction of sp³-hybridized carbons (Fsp3) is 0.167. The topological polar surface area (TPSA) is 93.3 Å². The van der Waals surface area contributed by atoms with Gasteiger partial charge in [-0.3, -0.25) is 0 Å². The lowest BCUT2D eigenvalue weighted by Gasteiger charge is -2.06. The van der Waals surface area contributed by atoms with Crippen molar-refractivity contribution in [1.82, 2.24) is 4.98 Å². The summed E-state index contributed by atoms with van der Waals surface area (Å²) in [5.74, 6) is -2.80. The molecule has 84 valence electrons. The molecule has 0 saturated heterocycles. The molecule has 0 fully saturated rings. The van der Waals surface area contributed by atoms with Gasteiger partial charge < -0.3 is 5.11 Å². The number of alkyl halides is 2. The quantitative estimate of drug-likeness (QED) is 0.739. The van der Waals surface area contributed by atoms with Crippen LogP contribution in [0.15, 0.2) is 11.1 Å². The number of nitrogens with zero attached hydrogens (tertiary/aromatic N) is 1. The van der Waals surface area contributed by atoms with E-state index in [1.54, 1.807) is 0 Å². The molecule has 0 aliphatic heterocycles. The van der Waals surface area contributed by atoms with Crippen molar-refractivity contribution >= 4 is 10.0 Å². The Labute approximate surface area is 82.4 Å². The molecule has 0 bridgehead atoms. The minimum Gasteiger partial charge on any atom is -0.504 e. The molecule has 3 N–H and O–H groups in total. The molecule has 0 aliphatic rings. The lowest BCUT2D eigenvalue weighted by molar-refractivity contribution is 0.145. The van der Waals surface area contributed by atoms with E-state index in [1.807, 2.05) is 0 Å². The Hall–Kier alpha value is -1.35. The van der Waals surface area contributed by atoms with Gasteiger partial charge in [-0.05, 0) is 0 Å². The Kier molecular flexibility index (Phi) is 2.86. The number of nitrogens with two attached hydrogens (primary N) is 1. The van der Waals surface area contributed by atoms with E-state index in [4.69, 9.17) is 5.11 Å². The summed E-state index contributed by atoms with van der Waals surface area (Å²) >= 11 is 0. The maximum atomic E-state index is 12.6. The van der Waals surface area contributed by atoms with Gasteiger partial charge in [0.05, 0.1) is 5.56 Å².